The third kappa shape index (κ3) is 3.66. The lowest BCUT2D eigenvalue weighted by molar-refractivity contribution is -0.123. The number of hydrogen-bond donors (Lipinski definition) is 3. The molecule has 0 saturated carbocycles. The van der Waals surface area contributed by atoms with Crippen LogP contribution >= 0.6 is 0 Å². The number of nitrogens with one attached hydrogen (secondary N) is 3. The van der Waals surface area contributed by atoms with Crippen molar-refractivity contribution >= 4 is 41.2 Å². The molecule has 142 valence electrons. The molecule has 2 heterocycles. The van der Waals surface area contributed by atoms with Crippen LogP contribution < -0.4 is 15.5 Å². The molecule has 1 aromatic heterocycles. The zero-order chi connectivity index (χ0) is 20.1. The van der Waals surface area contributed by atoms with Gasteiger partial charge in [-0.05, 0) is 43.2 Å². The zero-order valence-electron chi connectivity index (χ0n) is 15.3. The van der Waals surface area contributed by atoms with Gasteiger partial charge in [-0.2, -0.15) is 10.2 Å². The van der Waals surface area contributed by atoms with Crippen molar-refractivity contribution in [1.29, 1.82) is 10.7 Å². The van der Waals surface area contributed by atoms with Gasteiger partial charge in [0.05, 0.1) is 12.3 Å². The molecule has 1 fully saturated rings. The number of anilines is 4. The Morgan fingerprint density at radius 1 is 1.36 bits per heavy atom. The number of carbonyl (C=O) groups is 2. The molecule has 1 aliphatic rings. The van der Waals surface area contributed by atoms with Crippen molar-refractivity contribution in [1.82, 2.24) is 9.97 Å². The summed E-state index contributed by atoms with van der Waals surface area (Å²) < 4.78 is 0. The highest BCUT2D eigenvalue weighted by Gasteiger charge is 2.46. The van der Waals surface area contributed by atoms with Gasteiger partial charge in [0.15, 0.2) is 0 Å². The average Bonchev–Trinajstić information content (AvgIpc) is 3.06. The zero-order valence-corrected chi connectivity index (χ0v) is 15.3. The van der Waals surface area contributed by atoms with Crippen LogP contribution in [0, 0.1) is 22.2 Å². The summed E-state index contributed by atoms with van der Waals surface area (Å²) in [7, 11) is 0. The first-order valence-electron chi connectivity index (χ1n) is 8.76. The van der Waals surface area contributed by atoms with Gasteiger partial charge < -0.3 is 16.0 Å². The summed E-state index contributed by atoms with van der Waals surface area (Å²) in [5, 5.41) is 21.9. The maximum Gasteiger partial charge on any atom is 0.266 e. The SMILES string of the molecule is CCC1(C#N)CCN(c2ccnc(Nc3ccc(NC(=O)C=N)cc3)n2)C1=O. The molecule has 0 spiro atoms. The van der Waals surface area contributed by atoms with E-state index in [1.54, 1.807) is 36.5 Å². The molecule has 28 heavy (non-hydrogen) atoms. The van der Waals surface area contributed by atoms with Crippen LogP contribution in [0.15, 0.2) is 36.5 Å². The number of amides is 2. The molecule has 0 bridgehead atoms. The molecule has 1 atom stereocenters. The van der Waals surface area contributed by atoms with Gasteiger partial charge >= 0.3 is 0 Å². The van der Waals surface area contributed by atoms with E-state index in [2.05, 4.69) is 26.7 Å². The largest absolute Gasteiger partial charge is 0.324 e. The molecular weight excluding hydrogens is 358 g/mol. The predicted octanol–water partition coefficient (Wildman–Crippen LogP) is 2.46. The molecule has 9 nitrogen and oxygen atoms in total. The average molecular weight is 377 g/mol. The standard InChI is InChI=1S/C19H19N7O2/c1-2-19(12-21)8-10-26(17(19)28)15-7-9-22-18(25-15)24-14-5-3-13(4-6-14)23-16(27)11-20/h3-7,9,11,20H,2,8,10H2,1H3,(H,23,27)(H,22,24,25). The van der Waals surface area contributed by atoms with Crippen molar-refractivity contribution in [2.75, 3.05) is 22.1 Å². The molecular formula is C19H19N7O2. The fourth-order valence-corrected chi connectivity index (χ4v) is 3.00. The van der Waals surface area contributed by atoms with Gasteiger partial charge in [0.1, 0.15) is 11.2 Å². The summed E-state index contributed by atoms with van der Waals surface area (Å²) in [6.07, 6.45) is 3.20. The van der Waals surface area contributed by atoms with Gasteiger partial charge in [-0.15, -0.1) is 0 Å². The summed E-state index contributed by atoms with van der Waals surface area (Å²) in [4.78, 5) is 34.0. The molecule has 9 heteroatoms. The lowest BCUT2D eigenvalue weighted by Gasteiger charge is -2.19. The van der Waals surface area contributed by atoms with Crippen LogP contribution in [0.3, 0.4) is 0 Å². The Morgan fingerprint density at radius 3 is 2.68 bits per heavy atom. The molecule has 2 amide bonds. The van der Waals surface area contributed by atoms with Crippen LogP contribution in [-0.2, 0) is 9.59 Å². The summed E-state index contributed by atoms with van der Waals surface area (Å²) in [6, 6.07) is 10.6. The molecule has 3 rings (SSSR count). The summed E-state index contributed by atoms with van der Waals surface area (Å²) in [6.45, 7) is 2.28. The fraction of sp³-hybridized carbons (Fsp3) is 0.263. The molecule has 1 aromatic carbocycles. The Labute approximate surface area is 161 Å². The van der Waals surface area contributed by atoms with Crippen molar-refractivity contribution < 1.29 is 9.59 Å². The molecule has 2 aromatic rings. The number of benzene rings is 1. The van der Waals surface area contributed by atoms with Crippen molar-refractivity contribution in [2.45, 2.75) is 19.8 Å². The Balaban J connectivity index is 1.74. The Kier molecular flexibility index (Phi) is 5.31. The first kappa shape index (κ1) is 19.0. The van der Waals surface area contributed by atoms with Crippen molar-refractivity contribution in [3.63, 3.8) is 0 Å². The molecule has 0 radical (unpaired) electrons. The highest BCUT2D eigenvalue weighted by Crippen LogP contribution is 2.36. The van der Waals surface area contributed by atoms with E-state index in [4.69, 9.17) is 5.41 Å². The second-order valence-corrected chi connectivity index (χ2v) is 6.33. The number of hydrogen-bond acceptors (Lipinski definition) is 7. The Bertz CT molecular complexity index is 951. The molecule has 1 saturated heterocycles. The number of carbonyl (C=O) groups excluding carboxylic acids is 2. The quantitative estimate of drug-likeness (QED) is 0.662. The first-order valence-corrected chi connectivity index (χ1v) is 8.76. The van der Waals surface area contributed by atoms with E-state index in [1.807, 2.05) is 6.92 Å². The van der Waals surface area contributed by atoms with Gasteiger partial charge in [0, 0.05) is 24.1 Å². The second kappa shape index (κ2) is 7.84. The minimum atomic E-state index is -0.977. The van der Waals surface area contributed by atoms with E-state index in [0.29, 0.717) is 48.7 Å². The van der Waals surface area contributed by atoms with E-state index in [9.17, 15) is 14.9 Å². The van der Waals surface area contributed by atoms with Gasteiger partial charge in [-0.1, -0.05) is 6.92 Å². The number of nitrogens with zero attached hydrogens (tertiary/aromatic N) is 4. The van der Waals surface area contributed by atoms with E-state index in [-0.39, 0.29) is 5.91 Å². The third-order valence-corrected chi connectivity index (χ3v) is 4.69. The summed E-state index contributed by atoms with van der Waals surface area (Å²) in [5.41, 5.74) is 0.274. The Morgan fingerprint density at radius 2 is 2.07 bits per heavy atom. The van der Waals surface area contributed by atoms with Crippen LogP contribution in [0.5, 0.6) is 0 Å². The van der Waals surface area contributed by atoms with Crippen LogP contribution in [0.25, 0.3) is 0 Å². The van der Waals surface area contributed by atoms with E-state index >= 15 is 0 Å². The monoisotopic (exact) mass is 377 g/mol. The highest BCUT2D eigenvalue weighted by molar-refractivity contribution is 6.30. The van der Waals surface area contributed by atoms with Crippen LogP contribution in [0.4, 0.5) is 23.1 Å². The summed E-state index contributed by atoms with van der Waals surface area (Å²) >= 11 is 0. The van der Waals surface area contributed by atoms with Gasteiger partial charge in [0.2, 0.25) is 11.9 Å². The first-order chi connectivity index (χ1) is 13.5. The normalized spacial score (nSPS) is 18.4. The van der Waals surface area contributed by atoms with Crippen LogP contribution in [-0.4, -0.2) is 34.5 Å². The molecule has 0 aliphatic carbocycles. The number of aromatic nitrogens is 2. The minimum absolute atomic E-state index is 0.228. The fourth-order valence-electron chi connectivity index (χ4n) is 3.00. The Hall–Kier alpha value is -3.80. The van der Waals surface area contributed by atoms with Crippen LogP contribution in [0.2, 0.25) is 0 Å². The molecule has 1 aliphatic heterocycles. The topological polar surface area (TPSA) is 135 Å². The van der Waals surface area contributed by atoms with Gasteiger partial charge in [-0.3, -0.25) is 14.5 Å². The van der Waals surface area contributed by atoms with E-state index < -0.39 is 11.3 Å². The maximum atomic E-state index is 12.7. The smallest absolute Gasteiger partial charge is 0.266 e. The van der Waals surface area contributed by atoms with Gasteiger partial charge in [-0.25, -0.2) is 4.98 Å². The van der Waals surface area contributed by atoms with Crippen LogP contribution in [0.1, 0.15) is 19.8 Å². The van der Waals surface area contributed by atoms with Gasteiger partial charge in [0.25, 0.3) is 5.91 Å². The predicted molar refractivity (Wildman–Crippen MR) is 104 cm³/mol. The minimum Gasteiger partial charge on any atom is -0.324 e. The number of rotatable bonds is 6. The van der Waals surface area contributed by atoms with Crippen molar-refractivity contribution in [2.24, 2.45) is 5.41 Å². The lowest BCUT2D eigenvalue weighted by Crippen LogP contribution is -2.33. The van der Waals surface area contributed by atoms with Crippen molar-refractivity contribution in [3.8, 4) is 6.07 Å². The third-order valence-electron chi connectivity index (χ3n) is 4.69. The highest BCUT2D eigenvalue weighted by atomic mass is 16.2. The van der Waals surface area contributed by atoms with Crippen molar-refractivity contribution in [3.05, 3.63) is 36.5 Å². The summed E-state index contributed by atoms with van der Waals surface area (Å²) in [5.74, 6) is 0.0245. The van der Waals surface area contributed by atoms with E-state index in [1.165, 1.54) is 4.90 Å². The van der Waals surface area contributed by atoms with E-state index in [0.717, 1.165) is 0 Å². The molecule has 3 N–H and O–H groups in total. The maximum absolute atomic E-state index is 12.7. The number of nitriles is 1. The lowest BCUT2D eigenvalue weighted by atomic mass is 9.85. The second-order valence-electron chi connectivity index (χ2n) is 6.33. The molecule has 1 unspecified atom stereocenters.